The van der Waals surface area contributed by atoms with E-state index in [1.165, 1.54) is 12.5 Å². The standard InChI is InChI=1S/C14H20FN/c1-13(2)7-4-8-14(16,10-13)11-5-3-6-12(15)9-11/h3,5-6,9H,4,7-8,10,16H2,1-2H3. The molecule has 1 aromatic carbocycles. The molecular formula is C14H20FN. The average molecular weight is 221 g/mol. The molecule has 2 N–H and O–H groups in total. The van der Waals surface area contributed by atoms with E-state index in [0.29, 0.717) is 0 Å². The molecule has 1 nitrogen and oxygen atoms in total. The van der Waals surface area contributed by atoms with Crippen molar-refractivity contribution in [2.24, 2.45) is 11.1 Å². The quantitative estimate of drug-likeness (QED) is 0.770. The Kier molecular flexibility index (Phi) is 2.79. The Hall–Kier alpha value is -0.890. The molecule has 2 heteroatoms. The molecule has 0 aromatic heterocycles. The topological polar surface area (TPSA) is 26.0 Å². The number of hydrogen-bond acceptors (Lipinski definition) is 1. The minimum atomic E-state index is -0.343. The maximum absolute atomic E-state index is 13.2. The van der Waals surface area contributed by atoms with E-state index in [9.17, 15) is 4.39 Å². The van der Waals surface area contributed by atoms with Gasteiger partial charge in [-0.3, -0.25) is 0 Å². The van der Waals surface area contributed by atoms with Crippen LogP contribution in [0.1, 0.15) is 45.1 Å². The van der Waals surface area contributed by atoms with E-state index in [4.69, 9.17) is 5.73 Å². The summed E-state index contributed by atoms with van der Waals surface area (Å²) in [6.07, 6.45) is 4.23. The first-order valence-corrected chi connectivity index (χ1v) is 5.96. The summed E-state index contributed by atoms with van der Waals surface area (Å²) in [4.78, 5) is 0. The smallest absolute Gasteiger partial charge is 0.123 e. The minimum absolute atomic E-state index is 0.189. The summed E-state index contributed by atoms with van der Waals surface area (Å²) in [7, 11) is 0. The molecule has 1 saturated carbocycles. The van der Waals surface area contributed by atoms with Crippen molar-refractivity contribution in [1.29, 1.82) is 0 Å². The molecule has 1 aliphatic rings. The lowest BCUT2D eigenvalue weighted by Gasteiger charge is -2.43. The Morgan fingerprint density at radius 1 is 1.25 bits per heavy atom. The van der Waals surface area contributed by atoms with Crippen LogP contribution in [0.25, 0.3) is 0 Å². The molecule has 0 amide bonds. The SMILES string of the molecule is CC1(C)CCCC(N)(c2cccc(F)c2)C1. The maximum atomic E-state index is 13.2. The Labute approximate surface area is 96.9 Å². The molecule has 2 rings (SSSR count). The molecule has 88 valence electrons. The second-order valence-corrected chi connectivity index (χ2v) is 5.86. The second kappa shape index (κ2) is 3.85. The molecule has 0 bridgehead atoms. The zero-order chi connectivity index (χ0) is 11.8. The Balaban J connectivity index is 2.31. The van der Waals surface area contributed by atoms with Gasteiger partial charge in [0.1, 0.15) is 5.82 Å². The first-order chi connectivity index (χ1) is 7.41. The molecule has 16 heavy (non-hydrogen) atoms. The fourth-order valence-corrected chi connectivity index (χ4v) is 2.96. The maximum Gasteiger partial charge on any atom is 0.123 e. The summed E-state index contributed by atoms with van der Waals surface area (Å²) >= 11 is 0. The molecule has 1 unspecified atom stereocenters. The Morgan fingerprint density at radius 2 is 2.00 bits per heavy atom. The van der Waals surface area contributed by atoms with E-state index in [-0.39, 0.29) is 16.8 Å². The van der Waals surface area contributed by atoms with Crippen molar-refractivity contribution in [3.63, 3.8) is 0 Å². The monoisotopic (exact) mass is 221 g/mol. The molecule has 0 saturated heterocycles. The fourth-order valence-electron chi connectivity index (χ4n) is 2.96. The third-order valence-electron chi connectivity index (χ3n) is 3.67. The third kappa shape index (κ3) is 2.27. The highest BCUT2D eigenvalue weighted by atomic mass is 19.1. The second-order valence-electron chi connectivity index (χ2n) is 5.86. The van der Waals surface area contributed by atoms with Gasteiger partial charge in [-0.25, -0.2) is 4.39 Å². The lowest BCUT2D eigenvalue weighted by atomic mass is 9.66. The van der Waals surface area contributed by atoms with Gasteiger partial charge in [0.05, 0.1) is 0 Å². The van der Waals surface area contributed by atoms with Crippen molar-refractivity contribution in [3.8, 4) is 0 Å². The Morgan fingerprint density at radius 3 is 2.62 bits per heavy atom. The van der Waals surface area contributed by atoms with Crippen LogP contribution < -0.4 is 5.73 Å². The number of benzene rings is 1. The first kappa shape index (κ1) is 11.6. The van der Waals surface area contributed by atoms with Crippen LogP contribution in [0.2, 0.25) is 0 Å². The largest absolute Gasteiger partial charge is 0.321 e. The van der Waals surface area contributed by atoms with Crippen LogP contribution in [0.5, 0.6) is 0 Å². The molecule has 1 aromatic rings. The van der Waals surface area contributed by atoms with Gasteiger partial charge >= 0.3 is 0 Å². The predicted molar refractivity (Wildman–Crippen MR) is 64.5 cm³/mol. The van der Waals surface area contributed by atoms with E-state index in [2.05, 4.69) is 13.8 Å². The van der Waals surface area contributed by atoms with Crippen molar-refractivity contribution in [2.75, 3.05) is 0 Å². The number of hydrogen-bond donors (Lipinski definition) is 1. The Bertz CT molecular complexity index is 386. The average Bonchev–Trinajstić information content (AvgIpc) is 2.15. The van der Waals surface area contributed by atoms with Crippen LogP contribution in [0, 0.1) is 11.2 Å². The summed E-state index contributed by atoms with van der Waals surface area (Å²) in [6, 6.07) is 6.76. The van der Waals surface area contributed by atoms with Gasteiger partial charge in [-0.1, -0.05) is 32.4 Å². The van der Waals surface area contributed by atoms with Crippen molar-refractivity contribution in [2.45, 2.75) is 45.1 Å². The summed E-state index contributed by atoms with van der Waals surface area (Å²) in [6.45, 7) is 4.49. The van der Waals surface area contributed by atoms with Gasteiger partial charge in [-0.2, -0.15) is 0 Å². The lowest BCUT2D eigenvalue weighted by Crippen LogP contribution is -2.44. The van der Waals surface area contributed by atoms with E-state index in [1.807, 2.05) is 6.07 Å². The molecule has 0 radical (unpaired) electrons. The van der Waals surface area contributed by atoms with Gasteiger partial charge in [0.25, 0.3) is 0 Å². The van der Waals surface area contributed by atoms with Gasteiger partial charge in [0.15, 0.2) is 0 Å². The number of nitrogens with two attached hydrogens (primary N) is 1. The number of rotatable bonds is 1. The van der Waals surface area contributed by atoms with Crippen molar-refractivity contribution < 1.29 is 4.39 Å². The normalized spacial score (nSPS) is 29.0. The van der Waals surface area contributed by atoms with Crippen LogP contribution in [-0.2, 0) is 5.54 Å². The van der Waals surface area contributed by atoms with Gasteiger partial charge < -0.3 is 5.73 Å². The fraction of sp³-hybridized carbons (Fsp3) is 0.571. The van der Waals surface area contributed by atoms with Crippen LogP contribution in [0.4, 0.5) is 4.39 Å². The first-order valence-electron chi connectivity index (χ1n) is 5.96. The molecule has 0 aliphatic heterocycles. The summed E-state index contributed by atoms with van der Waals surface area (Å²) < 4.78 is 13.2. The van der Waals surface area contributed by atoms with Gasteiger partial charge in [0, 0.05) is 5.54 Å². The van der Waals surface area contributed by atoms with Crippen molar-refractivity contribution in [3.05, 3.63) is 35.6 Å². The van der Waals surface area contributed by atoms with E-state index in [0.717, 1.165) is 24.8 Å². The molecule has 0 heterocycles. The van der Waals surface area contributed by atoms with E-state index < -0.39 is 0 Å². The number of halogens is 1. The summed E-state index contributed by atoms with van der Waals surface area (Å²) in [5.74, 6) is -0.189. The molecule has 0 spiro atoms. The van der Waals surface area contributed by atoms with Gasteiger partial charge in [-0.15, -0.1) is 0 Å². The molecule has 1 aliphatic carbocycles. The van der Waals surface area contributed by atoms with Crippen LogP contribution in [0.3, 0.4) is 0 Å². The predicted octanol–water partition coefficient (Wildman–Crippen LogP) is 3.58. The zero-order valence-corrected chi connectivity index (χ0v) is 10.1. The zero-order valence-electron chi connectivity index (χ0n) is 10.1. The van der Waals surface area contributed by atoms with Crippen molar-refractivity contribution in [1.82, 2.24) is 0 Å². The molecule has 1 fully saturated rings. The van der Waals surface area contributed by atoms with Crippen LogP contribution in [0.15, 0.2) is 24.3 Å². The van der Waals surface area contributed by atoms with Gasteiger partial charge in [0.2, 0.25) is 0 Å². The molecular weight excluding hydrogens is 201 g/mol. The van der Waals surface area contributed by atoms with Crippen LogP contribution >= 0.6 is 0 Å². The van der Waals surface area contributed by atoms with Crippen molar-refractivity contribution >= 4 is 0 Å². The van der Waals surface area contributed by atoms with E-state index >= 15 is 0 Å². The highest BCUT2D eigenvalue weighted by Gasteiger charge is 2.38. The minimum Gasteiger partial charge on any atom is -0.321 e. The third-order valence-corrected chi connectivity index (χ3v) is 3.67. The van der Waals surface area contributed by atoms with E-state index in [1.54, 1.807) is 12.1 Å². The highest BCUT2D eigenvalue weighted by molar-refractivity contribution is 5.26. The van der Waals surface area contributed by atoms with Gasteiger partial charge in [-0.05, 0) is 42.4 Å². The molecule has 1 atom stereocenters. The highest BCUT2D eigenvalue weighted by Crippen LogP contribution is 2.44. The summed E-state index contributed by atoms with van der Waals surface area (Å²) in [5.41, 5.74) is 7.32. The summed E-state index contributed by atoms with van der Waals surface area (Å²) in [5, 5.41) is 0. The van der Waals surface area contributed by atoms with Crippen LogP contribution in [-0.4, -0.2) is 0 Å². The lowest BCUT2D eigenvalue weighted by molar-refractivity contribution is 0.151.